The van der Waals surface area contributed by atoms with E-state index in [2.05, 4.69) is 25.9 Å². The maximum Gasteiger partial charge on any atom is 0.0866 e. The van der Waals surface area contributed by atoms with E-state index in [1.54, 1.807) is 18.5 Å². The zero-order valence-corrected chi connectivity index (χ0v) is 13.3. The topological polar surface area (TPSA) is 46.0 Å². The first-order valence-corrected chi connectivity index (χ1v) is 7.64. The minimum Gasteiger partial charge on any atom is -0.388 e. The molecule has 3 rings (SSSR count). The van der Waals surface area contributed by atoms with Crippen LogP contribution in [0, 0.1) is 0 Å². The predicted molar refractivity (Wildman–Crippen MR) is 87.4 cm³/mol. The van der Waals surface area contributed by atoms with Gasteiger partial charge in [0.2, 0.25) is 0 Å². The van der Waals surface area contributed by atoms with Crippen molar-refractivity contribution in [3.05, 3.63) is 69.5 Å². The van der Waals surface area contributed by atoms with Gasteiger partial charge in [-0.05, 0) is 46.3 Å². The number of fused-ring (bicyclic) bond motifs is 1. The van der Waals surface area contributed by atoms with E-state index in [-0.39, 0.29) is 0 Å². The number of hydrogen-bond acceptors (Lipinski definition) is 3. The minimum atomic E-state index is -0.673. The van der Waals surface area contributed by atoms with Crippen molar-refractivity contribution >= 4 is 38.4 Å². The number of aliphatic hydroxyl groups excluding tert-OH is 1. The lowest BCUT2D eigenvalue weighted by Gasteiger charge is -2.13. The fourth-order valence-electron chi connectivity index (χ4n) is 2.26. The lowest BCUT2D eigenvalue weighted by atomic mass is 10.0. The summed E-state index contributed by atoms with van der Waals surface area (Å²) in [5, 5.41) is 12.0. The van der Waals surface area contributed by atoms with Crippen LogP contribution in [0.5, 0.6) is 0 Å². The van der Waals surface area contributed by atoms with Gasteiger partial charge in [0.1, 0.15) is 0 Å². The quantitative estimate of drug-likeness (QED) is 0.753. The molecule has 0 amide bonds. The Labute approximate surface area is 135 Å². The third-order valence-electron chi connectivity index (χ3n) is 3.30. The van der Waals surface area contributed by atoms with Crippen molar-refractivity contribution in [2.24, 2.45) is 0 Å². The molecule has 0 fully saturated rings. The van der Waals surface area contributed by atoms with E-state index in [1.165, 1.54) is 0 Å². The molecule has 5 heteroatoms. The van der Waals surface area contributed by atoms with E-state index in [0.717, 1.165) is 26.6 Å². The van der Waals surface area contributed by atoms with Crippen LogP contribution in [0.25, 0.3) is 10.9 Å². The maximum atomic E-state index is 10.5. The monoisotopic (exact) mass is 362 g/mol. The van der Waals surface area contributed by atoms with Crippen molar-refractivity contribution in [3.63, 3.8) is 0 Å². The number of nitrogens with zero attached hydrogens (tertiary/aromatic N) is 2. The van der Waals surface area contributed by atoms with Gasteiger partial charge >= 0.3 is 0 Å². The molecule has 0 aliphatic carbocycles. The molecule has 1 N–H and O–H groups in total. The Bertz CT molecular complexity index is 777. The van der Waals surface area contributed by atoms with Gasteiger partial charge in [0.15, 0.2) is 0 Å². The average Bonchev–Trinajstić information content (AvgIpc) is 2.50. The zero-order chi connectivity index (χ0) is 14.8. The summed E-state index contributed by atoms with van der Waals surface area (Å²) in [4.78, 5) is 8.63. The van der Waals surface area contributed by atoms with Crippen LogP contribution >= 0.6 is 27.5 Å². The van der Waals surface area contributed by atoms with Crippen LogP contribution in [0.3, 0.4) is 0 Å². The second-order valence-corrected chi connectivity index (χ2v) is 6.05. The van der Waals surface area contributed by atoms with Gasteiger partial charge < -0.3 is 5.11 Å². The Balaban J connectivity index is 1.96. The fraction of sp³-hybridized carbons (Fsp3) is 0.125. The third kappa shape index (κ3) is 3.07. The number of benzene rings is 1. The number of hydrogen-bond donors (Lipinski definition) is 1. The highest BCUT2D eigenvalue weighted by Crippen LogP contribution is 2.29. The van der Waals surface area contributed by atoms with Crippen LogP contribution in [0.1, 0.15) is 17.4 Å². The van der Waals surface area contributed by atoms with E-state index < -0.39 is 6.10 Å². The normalized spacial score (nSPS) is 12.5. The smallest absolute Gasteiger partial charge is 0.0866 e. The Morgan fingerprint density at radius 2 is 2.00 bits per heavy atom. The molecule has 0 aliphatic rings. The molecule has 0 saturated carbocycles. The highest BCUT2D eigenvalue weighted by Gasteiger charge is 2.15. The summed E-state index contributed by atoms with van der Waals surface area (Å²) in [6.07, 6.45) is 3.18. The first-order chi connectivity index (χ1) is 10.1. The van der Waals surface area contributed by atoms with Crippen molar-refractivity contribution < 1.29 is 5.11 Å². The lowest BCUT2D eigenvalue weighted by molar-refractivity contribution is 0.178. The molecular formula is C16H12BrClN2O. The van der Waals surface area contributed by atoms with Crippen LogP contribution in [-0.2, 0) is 6.42 Å². The van der Waals surface area contributed by atoms with Gasteiger partial charge in [-0.2, -0.15) is 0 Å². The van der Waals surface area contributed by atoms with E-state index in [1.807, 2.05) is 30.3 Å². The van der Waals surface area contributed by atoms with Gasteiger partial charge in [-0.1, -0.05) is 17.7 Å². The summed E-state index contributed by atoms with van der Waals surface area (Å²) in [7, 11) is 0. The molecule has 3 nitrogen and oxygen atoms in total. The van der Waals surface area contributed by atoms with Crippen LogP contribution in [-0.4, -0.2) is 15.1 Å². The molecule has 2 heterocycles. The first kappa shape index (κ1) is 14.4. The van der Waals surface area contributed by atoms with Crippen molar-refractivity contribution in [2.75, 3.05) is 0 Å². The summed E-state index contributed by atoms with van der Waals surface area (Å²) in [6.45, 7) is 0. The molecule has 0 aliphatic heterocycles. The third-order valence-corrected chi connectivity index (χ3v) is 4.10. The molecule has 1 atom stereocenters. The summed E-state index contributed by atoms with van der Waals surface area (Å²) in [5.41, 5.74) is 2.32. The van der Waals surface area contributed by atoms with Crippen molar-refractivity contribution in [1.29, 1.82) is 0 Å². The fourth-order valence-corrected chi connectivity index (χ4v) is 2.71. The molecule has 106 valence electrons. The Morgan fingerprint density at radius 3 is 2.76 bits per heavy atom. The molecule has 1 aromatic carbocycles. The second kappa shape index (κ2) is 6.10. The summed E-state index contributed by atoms with van der Waals surface area (Å²) in [6, 6.07) is 11.1. The molecule has 0 bridgehead atoms. The van der Waals surface area contributed by atoms with Crippen LogP contribution in [0.4, 0.5) is 0 Å². The molecule has 1 unspecified atom stereocenters. The number of pyridine rings is 2. The Hall–Kier alpha value is -1.49. The molecule has 0 spiro atoms. The van der Waals surface area contributed by atoms with Gasteiger partial charge in [-0.15, -0.1) is 0 Å². The average molecular weight is 364 g/mol. The largest absolute Gasteiger partial charge is 0.388 e. The molecule has 2 aromatic heterocycles. The first-order valence-electron chi connectivity index (χ1n) is 6.47. The molecule has 0 radical (unpaired) electrons. The van der Waals surface area contributed by atoms with Gasteiger partial charge in [0.05, 0.1) is 11.6 Å². The number of aliphatic hydroxyl groups is 1. The number of halogens is 2. The van der Waals surface area contributed by atoms with E-state index in [0.29, 0.717) is 11.4 Å². The Morgan fingerprint density at radius 1 is 1.14 bits per heavy atom. The highest BCUT2D eigenvalue weighted by atomic mass is 79.9. The van der Waals surface area contributed by atoms with Crippen LogP contribution in [0.2, 0.25) is 5.02 Å². The van der Waals surface area contributed by atoms with Gasteiger partial charge in [0, 0.05) is 45.0 Å². The maximum absolute atomic E-state index is 10.5. The highest BCUT2D eigenvalue weighted by molar-refractivity contribution is 9.10. The molecule has 0 saturated heterocycles. The molecule has 21 heavy (non-hydrogen) atoms. The van der Waals surface area contributed by atoms with Crippen molar-refractivity contribution in [2.45, 2.75) is 12.5 Å². The predicted octanol–water partition coefficient (Wildman–Crippen LogP) is 4.32. The summed E-state index contributed by atoms with van der Waals surface area (Å²) < 4.78 is 0.916. The standard InChI is InChI=1S/C16H12BrClN2O/c17-10-3-4-11(20-9-10)8-15(21)13-5-6-14(18)12-2-1-7-19-16(12)13/h1-7,9,15,21H,8H2. The van der Waals surface area contributed by atoms with Crippen LogP contribution in [0.15, 0.2) is 53.3 Å². The van der Waals surface area contributed by atoms with Gasteiger partial charge in [-0.3, -0.25) is 9.97 Å². The zero-order valence-electron chi connectivity index (χ0n) is 11.0. The lowest BCUT2D eigenvalue weighted by Crippen LogP contribution is -2.04. The molecule has 3 aromatic rings. The van der Waals surface area contributed by atoms with Crippen LogP contribution < -0.4 is 0 Å². The molecular weight excluding hydrogens is 352 g/mol. The van der Waals surface area contributed by atoms with Gasteiger partial charge in [-0.25, -0.2) is 0 Å². The summed E-state index contributed by atoms with van der Waals surface area (Å²) >= 11 is 9.52. The van der Waals surface area contributed by atoms with E-state index >= 15 is 0 Å². The summed E-state index contributed by atoms with van der Waals surface area (Å²) in [5.74, 6) is 0. The number of aromatic nitrogens is 2. The number of rotatable bonds is 3. The van der Waals surface area contributed by atoms with E-state index in [9.17, 15) is 5.11 Å². The van der Waals surface area contributed by atoms with Gasteiger partial charge in [0.25, 0.3) is 0 Å². The second-order valence-electron chi connectivity index (χ2n) is 4.72. The van der Waals surface area contributed by atoms with E-state index in [4.69, 9.17) is 11.6 Å². The SMILES string of the molecule is OC(Cc1ccc(Br)cn1)c1ccc(Cl)c2cccnc12. The van der Waals surface area contributed by atoms with Crippen molar-refractivity contribution in [1.82, 2.24) is 9.97 Å². The Kier molecular flexibility index (Phi) is 4.19. The van der Waals surface area contributed by atoms with Crippen molar-refractivity contribution in [3.8, 4) is 0 Å². The minimum absolute atomic E-state index is 0.431.